The molecule has 0 unspecified atom stereocenters. The van der Waals surface area contributed by atoms with Crippen molar-refractivity contribution in [3.63, 3.8) is 0 Å². The lowest BCUT2D eigenvalue weighted by Crippen LogP contribution is -1.89. The molecule has 0 heterocycles. The Labute approximate surface area is 256 Å². The highest BCUT2D eigenvalue weighted by molar-refractivity contribution is 5.48. The van der Waals surface area contributed by atoms with Crippen molar-refractivity contribution in [1.29, 1.82) is 0 Å². The molecule has 220 valence electrons. The molecular formula is C36H32N4O4. The van der Waals surface area contributed by atoms with Crippen LogP contribution in [0.15, 0.2) is 146 Å². The van der Waals surface area contributed by atoms with Gasteiger partial charge in [-0.05, 0) is 97.1 Å². The third-order valence-corrected chi connectivity index (χ3v) is 6.03. The van der Waals surface area contributed by atoms with E-state index in [4.69, 9.17) is 41.9 Å². The molecule has 0 aliphatic heterocycles. The Hall–Kier alpha value is -6.28. The van der Waals surface area contributed by atoms with Gasteiger partial charge in [-0.1, -0.05) is 24.3 Å². The monoisotopic (exact) mass is 584 g/mol. The van der Waals surface area contributed by atoms with Crippen molar-refractivity contribution >= 4 is 22.7 Å². The first-order valence-corrected chi connectivity index (χ1v) is 13.7. The first-order valence-electron chi connectivity index (χ1n) is 13.7. The second-order valence-corrected chi connectivity index (χ2v) is 9.64. The largest absolute Gasteiger partial charge is 0.457 e. The van der Waals surface area contributed by atoms with E-state index in [9.17, 15) is 0 Å². The van der Waals surface area contributed by atoms with Gasteiger partial charge in [0.25, 0.3) is 0 Å². The van der Waals surface area contributed by atoms with Crippen molar-refractivity contribution in [1.82, 2.24) is 0 Å². The lowest BCUT2D eigenvalue weighted by Gasteiger charge is -2.09. The van der Waals surface area contributed by atoms with Crippen LogP contribution in [0.3, 0.4) is 0 Å². The van der Waals surface area contributed by atoms with E-state index in [-0.39, 0.29) is 0 Å². The van der Waals surface area contributed by atoms with Gasteiger partial charge in [0.2, 0.25) is 0 Å². The van der Waals surface area contributed by atoms with Crippen molar-refractivity contribution in [2.24, 2.45) is 0 Å². The maximum Gasteiger partial charge on any atom is 0.131 e. The number of nitrogen functional groups attached to an aromatic ring is 4. The van der Waals surface area contributed by atoms with Gasteiger partial charge in [-0.3, -0.25) is 0 Å². The summed E-state index contributed by atoms with van der Waals surface area (Å²) in [5.74, 6) is 5.54. The minimum atomic E-state index is 0.659. The summed E-state index contributed by atoms with van der Waals surface area (Å²) in [6.07, 6.45) is 0. The molecule has 8 N–H and O–H groups in total. The summed E-state index contributed by atoms with van der Waals surface area (Å²) in [6.45, 7) is 0. The molecule has 8 heteroatoms. The lowest BCUT2D eigenvalue weighted by molar-refractivity contribution is 0.460. The average Bonchev–Trinajstić information content (AvgIpc) is 3.00. The topological polar surface area (TPSA) is 141 Å². The normalized spacial score (nSPS) is 10.2. The summed E-state index contributed by atoms with van der Waals surface area (Å²) in [4.78, 5) is 0. The maximum absolute atomic E-state index is 5.78. The molecule has 6 aromatic rings. The highest BCUT2D eigenvalue weighted by atomic mass is 16.5. The predicted molar refractivity (Wildman–Crippen MR) is 177 cm³/mol. The van der Waals surface area contributed by atoms with Crippen LogP contribution in [0.4, 0.5) is 22.7 Å². The molecular weight excluding hydrogens is 552 g/mol. The quantitative estimate of drug-likeness (QED) is 0.130. The van der Waals surface area contributed by atoms with Gasteiger partial charge in [0, 0.05) is 47.0 Å². The van der Waals surface area contributed by atoms with Crippen LogP contribution in [0, 0.1) is 0 Å². The van der Waals surface area contributed by atoms with E-state index in [1.807, 2.05) is 109 Å². The standard InChI is InChI=1S/2C18H16N2O2/c2*19-13-7-9-15(10-8-13)21-17-5-2-6-18(12-17)22-16-4-1-3-14(20)11-16/h2*1-12H,19-20H2. The first kappa shape index (κ1) is 29.2. The van der Waals surface area contributed by atoms with Crippen molar-refractivity contribution in [3.05, 3.63) is 146 Å². The predicted octanol–water partition coefficient (Wildman–Crippen LogP) is 8.87. The Morgan fingerprint density at radius 1 is 0.250 bits per heavy atom. The van der Waals surface area contributed by atoms with Crippen molar-refractivity contribution < 1.29 is 18.9 Å². The fourth-order valence-corrected chi connectivity index (χ4v) is 3.97. The van der Waals surface area contributed by atoms with Gasteiger partial charge in [0.1, 0.15) is 46.0 Å². The molecule has 44 heavy (non-hydrogen) atoms. The van der Waals surface area contributed by atoms with Crippen LogP contribution in [0.1, 0.15) is 0 Å². The van der Waals surface area contributed by atoms with Gasteiger partial charge < -0.3 is 41.9 Å². The van der Waals surface area contributed by atoms with Gasteiger partial charge >= 0.3 is 0 Å². The molecule has 0 spiro atoms. The van der Waals surface area contributed by atoms with E-state index in [1.54, 1.807) is 36.4 Å². The first-order chi connectivity index (χ1) is 21.4. The van der Waals surface area contributed by atoms with Crippen LogP contribution in [-0.4, -0.2) is 0 Å². The van der Waals surface area contributed by atoms with Crippen LogP contribution < -0.4 is 41.9 Å². The van der Waals surface area contributed by atoms with Crippen LogP contribution >= 0.6 is 0 Å². The van der Waals surface area contributed by atoms with Crippen molar-refractivity contribution in [2.45, 2.75) is 0 Å². The third-order valence-electron chi connectivity index (χ3n) is 6.03. The molecule has 0 atom stereocenters. The molecule has 0 bridgehead atoms. The number of benzene rings is 6. The number of nitrogens with two attached hydrogens (primary N) is 4. The third kappa shape index (κ3) is 8.86. The number of ether oxygens (including phenoxy) is 4. The average molecular weight is 585 g/mol. The highest BCUT2D eigenvalue weighted by Crippen LogP contribution is 2.30. The number of hydrogen-bond donors (Lipinski definition) is 4. The second-order valence-electron chi connectivity index (χ2n) is 9.64. The molecule has 0 amide bonds. The zero-order chi connectivity index (χ0) is 30.7. The highest BCUT2D eigenvalue weighted by Gasteiger charge is 2.04. The summed E-state index contributed by atoms with van der Waals surface area (Å²) in [7, 11) is 0. The van der Waals surface area contributed by atoms with Gasteiger partial charge in [-0.15, -0.1) is 0 Å². The Balaban J connectivity index is 0.000000175. The lowest BCUT2D eigenvalue weighted by atomic mass is 10.3. The molecule has 0 saturated carbocycles. The molecule has 0 radical (unpaired) electrons. The Kier molecular flexibility index (Phi) is 9.34. The van der Waals surface area contributed by atoms with Gasteiger partial charge in [0.15, 0.2) is 0 Å². The Morgan fingerprint density at radius 3 is 0.841 bits per heavy atom. The molecule has 6 aromatic carbocycles. The number of anilines is 4. The van der Waals surface area contributed by atoms with E-state index < -0.39 is 0 Å². The fourth-order valence-electron chi connectivity index (χ4n) is 3.97. The van der Waals surface area contributed by atoms with Crippen molar-refractivity contribution in [2.75, 3.05) is 22.9 Å². The SMILES string of the molecule is Nc1ccc(Oc2cccc(Oc3cccc(N)c3)c2)cc1.Nc1ccc(Oc2cccc(Oc3cccc(N)c3)c2)cc1. The van der Waals surface area contributed by atoms with Gasteiger partial charge in [0.05, 0.1) is 0 Å². The smallest absolute Gasteiger partial charge is 0.131 e. The van der Waals surface area contributed by atoms with Crippen molar-refractivity contribution in [3.8, 4) is 46.0 Å². The number of rotatable bonds is 8. The molecule has 6 rings (SSSR count). The zero-order valence-electron chi connectivity index (χ0n) is 23.8. The summed E-state index contributed by atoms with van der Waals surface area (Å²) >= 11 is 0. The summed E-state index contributed by atoms with van der Waals surface area (Å²) in [6, 6.07) is 43.8. The van der Waals surface area contributed by atoms with E-state index in [0.29, 0.717) is 57.2 Å². The summed E-state index contributed by atoms with van der Waals surface area (Å²) in [5.41, 5.74) is 25.5. The Morgan fingerprint density at radius 2 is 0.523 bits per heavy atom. The van der Waals surface area contributed by atoms with E-state index >= 15 is 0 Å². The molecule has 0 saturated heterocycles. The van der Waals surface area contributed by atoms with Crippen LogP contribution in [0.2, 0.25) is 0 Å². The van der Waals surface area contributed by atoms with E-state index in [2.05, 4.69) is 0 Å². The minimum absolute atomic E-state index is 0.659. The zero-order valence-corrected chi connectivity index (χ0v) is 23.8. The molecule has 8 nitrogen and oxygen atoms in total. The molecule has 0 aliphatic rings. The molecule has 0 fully saturated rings. The minimum Gasteiger partial charge on any atom is -0.457 e. The van der Waals surface area contributed by atoms with Gasteiger partial charge in [-0.2, -0.15) is 0 Å². The number of hydrogen-bond acceptors (Lipinski definition) is 8. The summed E-state index contributed by atoms with van der Waals surface area (Å²) < 4.78 is 23.1. The van der Waals surface area contributed by atoms with Crippen LogP contribution in [-0.2, 0) is 0 Å². The maximum atomic E-state index is 5.78. The fraction of sp³-hybridized carbons (Fsp3) is 0. The molecule has 0 aromatic heterocycles. The van der Waals surface area contributed by atoms with Crippen LogP contribution in [0.5, 0.6) is 46.0 Å². The second kappa shape index (κ2) is 14.1. The summed E-state index contributed by atoms with van der Waals surface area (Å²) in [5, 5.41) is 0. The Bertz CT molecular complexity index is 1670. The van der Waals surface area contributed by atoms with Crippen LogP contribution in [0.25, 0.3) is 0 Å². The molecule has 0 aliphatic carbocycles. The van der Waals surface area contributed by atoms with E-state index in [1.165, 1.54) is 0 Å². The van der Waals surface area contributed by atoms with Gasteiger partial charge in [-0.25, -0.2) is 0 Å². The van der Waals surface area contributed by atoms with E-state index in [0.717, 1.165) is 11.5 Å².